The van der Waals surface area contributed by atoms with Crippen molar-refractivity contribution >= 4 is 17.5 Å². The van der Waals surface area contributed by atoms with Crippen LogP contribution in [0.15, 0.2) is 78.5 Å². The molecule has 2 unspecified atom stereocenters. The van der Waals surface area contributed by atoms with E-state index in [2.05, 4.69) is 0 Å². The molecule has 0 spiro atoms. The summed E-state index contributed by atoms with van der Waals surface area (Å²) in [5, 5.41) is 11.2. The van der Waals surface area contributed by atoms with Gasteiger partial charge < -0.3 is 14.4 Å². The molecule has 2 atom stereocenters. The van der Waals surface area contributed by atoms with Crippen molar-refractivity contribution < 1.29 is 21.3 Å². The molecule has 1 heterocycles. The Morgan fingerprint density at radius 1 is 1.07 bits per heavy atom. The van der Waals surface area contributed by atoms with Crippen molar-refractivity contribution in [1.82, 2.24) is 0 Å². The quantitative estimate of drug-likeness (QED) is 0.430. The van der Waals surface area contributed by atoms with E-state index in [0.29, 0.717) is 17.0 Å². The van der Waals surface area contributed by atoms with Crippen molar-refractivity contribution in [1.29, 1.82) is 0 Å². The van der Waals surface area contributed by atoms with Crippen molar-refractivity contribution in [3.63, 3.8) is 0 Å². The number of rotatable bonds is 5. The fourth-order valence-corrected chi connectivity index (χ4v) is 3.39. The van der Waals surface area contributed by atoms with Crippen LogP contribution in [0.3, 0.4) is 0 Å². The first kappa shape index (κ1) is 14.2. The van der Waals surface area contributed by atoms with E-state index in [0.717, 1.165) is 0 Å². The highest BCUT2D eigenvalue weighted by molar-refractivity contribution is 5.65. The summed E-state index contributed by atoms with van der Waals surface area (Å²) >= 11 is 0. The summed E-state index contributed by atoms with van der Waals surface area (Å²) in [6.45, 7) is -1.14. The standard InChI is InChI=1S/C24H22N2O4/c1-29-21-13-11-19(12-14-21)25-16-22(30-2)15-18-5-3-4-6-23(18)24(25)17-7-9-20(10-8-17)26(27)28/h3-15,24H,16H2,1-2H3/i3D,4D,5D,6D,16D. The third kappa shape index (κ3) is 3.72. The molecule has 0 aliphatic carbocycles. The lowest BCUT2D eigenvalue weighted by atomic mass is 9.93. The number of hydrogen-bond donors (Lipinski definition) is 0. The van der Waals surface area contributed by atoms with Gasteiger partial charge in [0.05, 0.1) is 38.6 Å². The predicted octanol–water partition coefficient (Wildman–Crippen LogP) is 5.20. The lowest BCUT2D eigenvalue weighted by molar-refractivity contribution is -0.384. The van der Waals surface area contributed by atoms with E-state index in [-0.39, 0.29) is 34.7 Å². The van der Waals surface area contributed by atoms with Gasteiger partial charge in [-0.15, -0.1) is 0 Å². The number of nitro groups is 1. The highest BCUT2D eigenvalue weighted by Gasteiger charge is 2.29. The summed E-state index contributed by atoms with van der Waals surface area (Å²) in [7, 11) is 2.93. The average Bonchev–Trinajstić information content (AvgIpc) is 3.00. The Hall–Kier alpha value is -3.80. The van der Waals surface area contributed by atoms with Gasteiger partial charge in [-0.1, -0.05) is 24.2 Å². The largest absolute Gasteiger partial charge is 0.499 e. The SMILES string of the molecule is [2H]c1c([2H])c([2H])c2c(c1[2H])C=C(OC)C([2H])N(c1ccc(OC)cc1)C2c1ccc([N+](=O)[O-])cc1. The molecule has 0 N–H and O–H groups in total. The molecule has 30 heavy (non-hydrogen) atoms. The normalized spacial score (nSPS) is 20.4. The third-order valence-electron chi connectivity index (χ3n) is 4.88. The molecule has 1 aliphatic heterocycles. The zero-order valence-corrected chi connectivity index (χ0v) is 16.4. The van der Waals surface area contributed by atoms with Gasteiger partial charge >= 0.3 is 0 Å². The molecule has 0 saturated heterocycles. The van der Waals surface area contributed by atoms with Gasteiger partial charge in [0.25, 0.3) is 5.69 Å². The van der Waals surface area contributed by atoms with Crippen molar-refractivity contribution in [3.05, 3.63) is 105 Å². The maximum Gasteiger partial charge on any atom is 0.269 e. The lowest BCUT2D eigenvalue weighted by Gasteiger charge is -2.34. The minimum atomic E-state index is -1.14. The Balaban J connectivity index is 2.07. The van der Waals surface area contributed by atoms with Crippen LogP contribution in [0.2, 0.25) is 0 Å². The Kier molecular flexibility index (Phi) is 3.93. The van der Waals surface area contributed by atoms with Gasteiger partial charge in [-0.3, -0.25) is 10.1 Å². The number of methoxy groups -OCH3 is 2. The second-order valence-corrected chi connectivity index (χ2v) is 6.56. The zero-order valence-electron chi connectivity index (χ0n) is 21.4. The van der Waals surface area contributed by atoms with Crippen LogP contribution in [0, 0.1) is 10.1 Å². The van der Waals surface area contributed by atoms with Crippen molar-refractivity contribution in [3.8, 4) is 5.75 Å². The Morgan fingerprint density at radius 2 is 1.77 bits per heavy atom. The number of fused-ring (bicyclic) bond motifs is 1. The minimum Gasteiger partial charge on any atom is -0.499 e. The van der Waals surface area contributed by atoms with E-state index in [4.69, 9.17) is 16.3 Å². The van der Waals surface area contributed by atoms with Crippen molar-refractivity contribution in [2.45, 2.75) is 6.04 Å². The Labute approximate surface area is 182 Å². The first-order valence-corrected chi connectivity index (χ1v) is 9.14. The second kappa shape index (κ2) is 8.29. The molecular formula is C24H22N2O4. The van der Waals surface area contributed by atoms with Crippen LogP contribution in [0.4, 0.5) is 11.4 Å². The van der Waals surface area contributed by atoms with Crippen LogP contribution < -0.4 is 9.64 Å². The fraction of sp³-hybridized carbons (Fsp3) is 0.167. The molecular weight excluding hydrogens is 380 g/mol. The number of anilines is 1. The van der Waals surface area contributed by atoms with Gasteiger partial charge in [-0.05, 0) is 59.2 Å². The summed E-state index contributed by atoms with van der Waals surface area (Å²) in [6, 6.07) is 10.4. The summed E-state index contributed by atoms with van der Waals surface area (Å²) < 4.78 is 53.5. The van der Waals surface area contributed by atoms with E-state index in [1.165, 1.54) is 44.6 Å². The van der Waals surface area contributed by atoms with Gasteiger partial charge in [0, 0.05) is 17.8 Å². The maximum atomic E-state index is 11.2. The molecule has 4 rings (SSSR count). The van der Waals surface area contributed by atoms with E-state index >= 15 is 0 Å². The second-order valence-electron chi connectivity index (χ2n) is 6.56. The summed E-state index contributed by atoms with van der Waals surface area (Å²) in [5.41, 5.74) is 1.40. The van der Waals surface area contributed by atoms with Gasteiger partial charge in [-0.25, -0.2) is 0 Å². The van der Waals surface area contributed by atoms with Gasteiger partial charge in [0.15, 0.2) is 0 Å². The van der Waals surface area contributed by atoms with Crippen molar-refractivity contribution in [2.75, 3.05) is 25.6 Å². The minimum absolute atomic E-state index is 0.119. The number of hydrogen-bond acceptors (Lipinski definition) is 5. The Morgan fingerprint density at radius 3 is 2.40 bits per heavy atom. The predicted molar refractivity (Wildman–Crippen MR) is 117 cm³/mol. The van der Waals surface area contributed by atoms with Gasteiger partial charge in [-0.2, -0.15) is 0 Å². The molecule has 3 aromatic rings. The van der Waals surface area contributed by atoms with Crippen LogP contribution in [0.1, 0.15) is 29.6 Å². The molecule has 1 aliphatic rings. The van der Waals surface area contributed by atoms with Crippen LogP contribution in [0.5, 0.6) is 5.75 Å². The smallest absolute Gasteiger partial charge is 0.269 e. The number of ether oxygens (including phenoxy) is 2. The first-order chi connectivity index (χ1) is 16.7. The van der Waals surface area contributed by atoms with E-state index in [1.807, 2.05) is 0 Å². The third-order valence-corrected chi connectivity index (χ3v) is 4.88. The Bertz CT molecular complexity index is 1310. The number of non-ortho nitro benzene ring substituents is 1. The van der Waals surface area contributed by atoms with Crippen LogP contribution in [-0.4, -0.2) is 25.7 Å². The van der Waals surface area contributed by atoms with Crippen LogP contribution in [-0.2, 0) is 4.74 Å². The lowest BCUT2D eigenvalue weighted by Crippen LogP contribution is -2.31. The summed E-state index contributed by atoms with van der Waals surface area (Å²) in [5.74, 6) is 0.776. The number of nitrogens with zero attached hydrogens (tertiary/aromatic N) is 2. The van der Waals surface area contributed by atoms with E-state index in [9.17, 15) is 10.1 Å². The highest BCUT2D eigenvalue weighted by Crippen LogP contribution is 2.39. The van der Waals surface area contributed by atoms with Crippen molar-refractivity contribution in [2.24, 2.45) is 0 Å². The molecule has 0 fully saturated rings. The van der Waals surface area contributed by atoms with Crippen LogP contribution in [0.25, 0.3) is 6.08 Å². The van der Waals surface area contributed by atoms with Gasteiger partial charge in [0.1, 0.15) is 11.5 Å². The molecule has 3 aromatic carbocycles. The average molecular weight is 407 g/mol. The monoisotopic (exact) mass is 407 g/mol. The first-order valence-electron chi connectivity index (χ1n) is 11.7. The maximum absolute atomic E-state index is 11.2. The fourth-order valence-electron chi connectivity index (χ4n) is 3.39. The van der Waals surface area contributed by atoms with Crippen LogP contribution >= 0.6 is 0 Å². The number of nitro benzene ring substituents is 1. The van der Waals surface area contributed by atoms with Gasteiger partial charge in [0.2, 0.25) is 0 Å². The molecule has 0 radical (unpaired) electrons. The summed E-state index contributed by atoms with van der Waals surface area (Å²) in [6.07, 6.45) is 1.47. The molecule has 6 nitrogen and oxygen atoms in total. The molecule has 152 valence electrons. The molecule has 0 aromatic heterocycles. The highest BCUT2D eigenvalue weighted by atomic mass is 16.6. The van der Waals surface area contributed by atoms with E-state index in [1.54, 1.807) is 29.2 Å². The number of benzene rings is 3. The molecule has 0 amide bonds. The zero-order chi connectivity index (χ0) is 25.4. The van der Waals surface area contributed by atoms with E-state index < -0.39 is 29.6 Å². The summed E-state index contributed by atoms with van der Waals surface area (Å²) in [4.78, 5) is 12.4. The topological polar surface area (TPSA) is 64.8 Å². The molecule has 0 bridgehead atoms. The molecule has 0 saturated carbocycles. The molecule has 6 heteroatoms.